The third-order valence-corrected chi connectivity index (χ3v) is 4.54. The summed E-state index contributed by atoms with van der Waals surface area (Å²) in [5.41, 5.74) is -3.99. The first-order valence-corrected chi connectivity index (χ1v) is 9.22. The van der Waals surface area contributed by atoms with Gasteiger partial charge >= 0.3 is 11.9 Å². The zero-order valence-corrected chi connectivity index (χ0v) is 15.3. The second-order valence-electron chi connectivity index (χ2n) is 5.61. The van der Waals surface area contributed by atoms with E-state index in [2.05, 4.69) is 5.92 Å². The SMILES string of the molecule is C#CCO[C@H]1C[C@H](n2cc(C(F)(F)F)c(=O)[nH]c2=O)O[C@@H]1COCSCC. The van der Waals surface area contributed by atoms with Gasteiger partial charge in [-0.1, -0.05) is 12.8 Å². The van der Waals surface area contributed by atoms with Crippen LogP contribution in [0.5, 0.6) is 0 Å². The maximum absolute atomic E-state index is 13.0. The van der Waals surface area contributed by atoms with Crippen LogP contribution < -0.4 is 11.2 Å². The Hall–Kier alpha value is -1.74. The quantitative estimate of drug-likeness (QED) is 0.400. The Morgan fingerprint density at radius 2 is 2.22 bits per heavy atom. The van der Waals surface area contributed by atoms with Gasteiger partial charge in [0, 0.05) is 12.6 Å². The van der Waals surface area contributed by atoms with E-state index in [9.17, 15) is 22.8 Å². The van der Waals surface area contributed by atoms with Crippen LogP contribution in [-0.4, -0.2) is 46.7 Å². The summed E-state index contributed by atoms with van der Waals surface area (Å²) >= 11 is 1.55. The Morgan fingerprint density at radius 1 is 1.48 bits per heavy atom. The van der Waals surface area contributed by atoms with Gasteiger partial charge in [-0.2, -0.15) is 13.2 Å². The van der Waals surface area contributed by atoms with E-state index in [1.165, 1.54) is 0 Å². The lowest BCUT2D eigenvalue weighted by atomic mass is 10.2. The van der Waals surface area contributed by atoms with E-state index >= 15 is 0 Å². The standard InChI is InChI=1S/C16H19F3N2O5S/c1-3-5-25-11-6-13(26-12(11)8-24-9-27-4-2)21-7-10(16(17,18)19)14(22)20-15(21)23/h1,7,11-13H,4-6,8-9H2,2H3,(H,20,22,23)/t11-,12+,13+/m0/s1. The molecule has 2 rings (SSSR count). The molecule has 11 heteroatoms. The van der Waals surface area contributed by atoms with Crippen LogP contribution in [-0.2, 0) is 20.4 Å². The third kappa shape index (κ3) is 5.62. The molecule has 7 nitrogen and oxygen atoms in total. The molecule has 2 heterocycles. The van der Waals surface area contributed by atoms with Gasteiger partial charge in [0.05, 0.1) is 18.6 Å². The number of nitrogens with one attached hydrogen (secondary N) is 1. The van der Waals surface area contributed by atoms with E-state index < -0.39 is 41.4 Å². The van der Waals surface area contributed by atoms with Crippen LogP contribution in [0.1, 0.15) is 25.1 Å². The number of ether oxygens (including phenoxy) is 3. The third-order valence-electron chi connectivity index (χ3n) is 3.80. The molecule has 0 unspecified atom stereocenters. The first-order chi connectivity index (χ1) is 12.8. The van der Waals surface area contributed by atoms with Crippen LogP contribution in [0.2, 0.25) is 0 Å². The highest BCUT2D eigenvalue weighted by molar-refractivity contribution is 7.99. The lowest BCUT2D eigenvalue weighted by molar-refractivity contribution is -0.139. The van der Waals surface area contributed by atoms with Crippen molar-refractivity contribution in [1.82, 2.24) is 9.55 Å². The fourth-order valence-corrected chi connectivity index (χ4v) is 2.94. The summed E-state index contributed by atoms with van der Waals surface area (Å²) in [6.07, 6.45) is -1.42. The average Bonchev–Trinajstić information content (AvgIpc) is 2.98. The van der Waals surface area contributed by atoms with Crippen molar-refractivity contribution in [2.45, 2.75) is 38.0 Å². The van der Waals surface area contributed by atoms with Crippen molar-refractivity contribution >= 4 is 11.8 Å². The second kappa shape index (κ2) is 9.45. The number of aromatic amines is 1. The first-order valence-electron chi connectivity index (χ1n) is 8.06. The van der Waals surface area contributed by atoms with Crippen LogP contribution >= 0.6 is 11.8 Å². The monoisotopic (exact) mass is 408 g/mol. The molecule has 0 saturated carbocycles. The largest absolute Gasteiger partial charge is 0.423 e. The summed E-state index contributed by atoms with van der Waals surface area (Å²) in [7, 11) is 0. The molecular formula is C16H19F3N2O5S. The molecule has 0 radical (unpaired) electrons. The molecule has 150 valence electrons. The second-order valence-corrected chi connectivity index (χ2v) is 6.83. The van der Waals surface area contributed by atoms with Gasteiger partial charge in [-0.15, -0.1) is 18.2 Å². The smallest absolute Gasteiger partial charge is 0.368 e. The normalized spacial score (nSPS) is 22.7. The number of hydrogen-bond acceptors (Lipinski definition) is 6. The van der Waals surface area contributed by atoms with Gasteiger partial charge in [-0.25, -0.2) is 4.79 Å². The number of nitrogens with zero attached hydrogens (tertiary/aromatic N) is 1. The van der Waals surface area contributed by atoms with Gasteiger partial charge in [-0.05, 0) is 5.75 Å². The number of halogens is 3. The fraction of sp³-hybridized carbons (Fsp3) is 0.625. The minimum atomic E-state index is -4.90. The number of thioether (sulfide) groups is 1. The van der Waals surface area contributed by atoms with Crippen LogP contribution in [0.3, 0.4) is 0 Å². The molecule has 1 aliphatic rings. The Labute approximate surface area is 157 Å². The topological polar surface area (TPSA) is 82.6 Å². The van der Waals surface area contributed by atoms with Gasteiger partial charge in [0.1, 0.15) is 24.5 Å². The van der Waals surface area contributed by atoms with Gasteiger partial charge < -0.3 is 14.2 Å². The summed E-state index contributed by atoms with van der Waals surface area (Å²) in [4.78, 5) is 25.1. The van der Waals surface area contributed by atoms with E-state index in [1.54, 1.807) is 16.7 Å². The van der Waals surface area contributed by atoms with Gasteiger partial charge in [-0.3, -0.25) is 14.3 Å². The number of hydrogen-bond donors (Lipinski definition) is 1. The van der Waals surface area contributed by atoms with Gasteiger partial charge in [0.25, 0.3) is 5.56 Å². The summed E-state index contributed by atoms with van der Waals surface area (Å²) in [5.74, 6) is 3.58. The Balaban J connectivity index is 2.22. The van der Waals surface area contributed by atoms with Crippen molar-refractivity contribution in [2.24, 2.45) is 0 Å². The van der Waals surface area contributed by atoms with E-state index in [4.69, 9.17) is 20.6 Å². The lowest BCUT2D eigenvalue weighted by Gasteiger charge is -2.18. The summed E-state index contributed by atoms with van der Waals surface area (Å²) < 4.78 is 56.2. The molecule has 0 bridgehead atoms. The zero-order valence-electron chi connectivity index (χ0n) is 14.5. The molecule has 1 N–H and O–H groups in total. The molecule has 1 saturated heterocycles. The molecule has 27 heavy (non-hydrogen) atoms. The molecular weight excluding hydrogens is 389 g/mol. The molecule has 0 aromatic carbocycles. The molecule has 0 aliphatic carbocycles. The van der Waals surface area contributed by atoms with Crippen LogP contribution in [0.4, 0.5) is 13.2 Å². The summed E-state index contributed by atoms with van der Waals surface area (Å²) in [5, 5.41) is 0. The maximum atomic E-state index is 13.0. The van der Waals surface area contributed by atoms with E-state index in [0.717, 1.165) is 5.75 Å². The Bertz CT molecular complexity index is 786. The average molecular weight is 408 g/mol. The zero-order chi connectivity index (χ0) is 20.0. The number of H-pyrrole nitrogens is 1. The van der Waals surface area contributed by atoms with Crippen molar-refractivity contribution in [3.63, 3.8) is 0 Å². The van der Waals surface area contributed by atoms with Crippen molar-refractivity contribution in [3.8, 4) is 12.3 Å². The molecule has 1 aliphatic heterocycles. The van der Waals surface area contributed by atoms with E-state index in [0.29, 0.717) is 16.7 Å². The molecule has 3 atom stereocenters. The molecule has 1 fully saturated rings. The number of rotatable bonds is 8. The number of aromatic nitrogens is 2. The molecule has 1 aromatic rings. The van der Waals surface area contributed by atoms with Crippen molar-refractivity contribution in [1.29, 1.82) is 0 Å². The molecule has 0 spiro atoms. The molecule has 0 amide bonds. The molecule has 1 aromatic heterocycles. The van der Waals surface area contributed by atoms with Gasteiger partial charge in [0.2, 0.25) is 0 Å². The number of alkyl halides is 3. The van der Waals surface area contributed by atoms with Crippen molar-refractivity contribution < 1.29 is 27.4 Å². The first kappa shape index (κ1) is 21.6. The minimum absolute atomic E-state index is 0.0186. The van der Waals surface area contributed by atoms with Crippen molar-refractivity contribution in [2.75, 3.05) is 24.9 Å². The lowest BCUT2D eigenvalue weighted by Crippen LogP contribution is -2.36. The van der Waals surface area contributed by atoms with Crippen LogP contribution in [0, 0.1) is 12.3 Å². The Morgan fingerprint density at radius 3 is 2.85 bits per heavy atom. The predicted molar refractivity (Wildman–Crippen MR) is 92.4 cm³/mol. The Kier molecular flexibility index (Phi) is 7.55. The maximum Gasteiger partial charge on any atom is 0.423 e. The predicted octanol–water partition coefficient (Wildman–Crippen LogP) is 1.59. The minimum Gasteiger partial charge on any atom is -0.368 e. The van der Waals surface area contributed by atoms with Gasteiger partial charge in [0.15, 0.2) is 0 Å². The summed E-state index contributed by atoms with van der Waals surface area (Å²) in [6, 6.07) is 0. The van der Waals surface area contributed by atoms with E-state index in [-0.39, 0.29) is 19.6 Å². The van der Waals surface area contributed by atoms with Crippen LogP contribution in [0.25, 0.3) is 0 Å². The summed E-state index contributed by atoms with van der Waals surface area (Å²) in [6.45, 7) is 2.08. The van der Waals surface area contributed by atoms with Crippen molar-refractivity contribution in [3.05, 3.63) is 32.6 Å². The number of terminal acetylenes is 1. The highest BCUT2D eigenvalue weighted by Crippen LogP contribution is 2.32. The fourth-order valence-electron chi connectivity index (χ4n) is 2.56. The van der Waals surface area contributed by atoms with Crippen LogP contribution in [0.15, 0.2) is 15.8 Å². The highest BCUT2D eigenvalue weighted by Gasteiger charge is 2.40. The van der Waals surface area contributed by atoms with E-state index in [1.807, 2.05) is 6.92 Å². The highest BCUT2D eigenvalue weighted by atomic mass is 32.2.